The van der Waals surface area contributed by atoms with Crippen molar-refractivity contribution in [1.29, 1.82) is 0 Å². The molecule has 0 unspecified atom stereocenters. The van der Waals surface area contributed by atoms with Gasteiger partial charge in [-0.05, 0) is 45.1 Å². The summed E-state index contributed by atoms with van der Waals surface area (Å²) in [6, 6.07) is 0. The van der Waals surface area contributed by atoms with Gasteiger partial charge in [0, 0.05) is 13.6 Å². The second kappa shape index (κ2) is 7.11. The van der Waals surface area contributed by atoms with E-state index in [9.17, 15) is 0 Å². The highest BCUT2D eigenvalue weighted by atomic mass is 35.5. The molecular weight excluding hydrogens is 258 g/mol. The van der Waals surface area contributed by atoms with Gasteiger partial charge >= 0.3 is 0 Å². The van der Waals surface area contributed by atoms with Gasteiger partial charge in [-0.3, -0.25) is 4.68 Å². The predicted molar refractivity (Wildman–Crippen MR) is 80.5 cm³/mol. The van der Waals surface area contributed by atoms with Crippen LogP contribution in [-0.2, 0) is 20.0 Å². The summed E-state index contributed by atoms with van der Waals surface area (Å²) in [5.41, 5.74) is 3.70. The van der Waals surface area contributed by atoms with Gasteiger partial charge in [0.2, 0.25) is 0 Å². The molecule has 19 heavy (non-hydrogen) atoms. The minimum Gasteiger partial charge on any atom is -0.311 e. The molecule has 1 aliphatic carbocycles. The Labute approximate surface area is 121 Å². The second-order valence-corrected chi connectivity index (χ2v) is 5.60. The first kappa shape index (κ1) is 14.6. The number of hydrogen-bond donors (Lipinski definition) is 1. The zero-order valence-electron chi connectivity index (χ0n) is 12.0. The van der Waals surface area contributed by atoms with E-state index in [1.54, 1.807) is 5.57 Å². The standard InChI is InChI=1S/C15H24ClN3/c1-3-13-15(16)14(19(2)18-13)11-17-10-9-12-7-5-4-6-8-12/h7,17H,3-6,8-11H2,1-2H3. The van der Waals surface area contributed by atoms with E-state index in [1.165, 1.54) is 25.7 Å². The Hall–Kier alpha value is -0.800. The molecule has 1 N–H and O–H groups in total. The van der Waals surface area contributed by atoms with E-state index in [-0.39, 0.29) is 0 Å². The van der Waals surface area contributed by atoms with Crippen LogP contribution in [-0.4, -0.2) is 16.3 Å². The van der Waals surface area contributed by atoms with E-state index in [1.807, 2.05) is 11.7 Å². The minimum absolute atomic E-state index is 0.801. The number of aromatic nitrogens is 2. The maximum absolute atomic E-state index is 6.32. The summed E-state index contributed by atoms with van der Waals surface area (Å²) in [7, 11) is 1.96. The van der Waals surface area contributed by atoms with Crippen LogP contribution in [0, 0.1) is 0 Å². The molecule has 0 radical (unpaired) electrons. The van der Waals surface area contributed by atoms with Crippen molar-refractivity contribution in [3.63, 3.8) is 0 Å². The fourth-order valence-corrected chi connectivity index (χ4v) is 2.96. The van der Waals surface area contributed by atoms with Crippen molar-refractivity contribution in [2.45, 2.75) is 52.0 Å². The summed E-state index contributed by atoms with van der Waals surface area (Å²) < 4.78 is 1.90. The molecule has 1 aromatic rings. The van der Waals surface area contributed by atoms with Crippen LogP contribution in [0.2, 0.25) is 5.02 Å². The van der Waals surface area contributed by atoms with Crippen molar-refractivity contribution in [3.05, 3.63) is 28.1 Å². The van der Waals surface area contributed by atoms with E-state index in [2.05, 4.69) is 23.4 Å². The van der Waals surface area contributed by atoms with Crippen molar-refractivity contribution in [3.8, 4) is 0 Å². The maximum Gasteiger partial charge on any atom is 0.0863 e. The molecular formula is C15H24ClN3. The lowest BCUT2D eigenvalue weighted by atomic mass is 9.97. The van der Waals surface area contributed by atoms with E-state index in [4.69, 9.17) is 11.6 Å². The summed E-state index contributed by atoms with van der Waals surface area (Å²) in [4.78, 5) is 0. The fourth-order valence-electron chi connectivity index (χ4n) is 2.60. The van der Waals surface area contributed by atoms with Crippen molar-refractivity contribution >= 4 is 11.6 Å². The normalized spacial score (nSPS) is 15.6. The van der Waals surface area contributed by atoms with Gasteiger partial charge in [0.1, 0.15) is 0 Å². The number of rotatable bonds is 6. The van der Waals surface area contributed by atoms with Crippen molar-refractivity contribution < 1.29 is 0 Å². The van der Waals surface area contributed by atoms with Crippen LogP contribution in [0.5, 0.6) is 0 Å². The molecule has 106 valence electrons. The van der Waals surface area contributed by atoms with Gasteiger partial charge in [-0.2, -0.15) is 5.10 Å². The quantitative estimate of drug-likeness (QED) is 0.638. The molecule has 2 rings (SSSR count). The van der Waals surface area contributed by atoms with Gasteiger partial charge in [0.05, 0.1) is 16.4 Å². The van der Waals surface area contributed by atoms with Crippen molar-refractivity contribution in [2.75, 3.05) is 6.54 Å². The Kier molecular flexibility index (Phi) is 5.46. The Morgan fingerprint density at radius 3 is 2.89 bits per heavy atom. The largest absolute Gasteiger partial charge is 0.311 e. The molecule has 0 amide bonds. The van der Waals surface area contributed by atoms with Crippen LogP contribution < -0.4 is 5.32 Å². The zero-order chi connectivity index (χ0) is 13.7. The fraction of sp³-hybridized carbons (Fsp3) is 0.667. The number of aryl methyl sites for hydroxylation is 2. The maximum atomic E-state index is 6.32. The first-order valence-electron chi connectivity index (χ1n) is 7.31. The van der Waals surface area contributed by atoms with Gasteiger partial charge in [-0.25, -0.2) is 0 Å². The summed E-state index contributed by atoms with van der Waals surface area (Å²) in [6.07, 6.45) is 9.74. The van der Waals surface area contributed by atoms with E-state index < -0.39 is 0 Å². The van der Waals surface area contributed by atoms with Crippen LogP contribution in [0.3, 0.4) is 0 Å². The third-order valence-electron chi connectivity index (χ3n) is 3.80. The summed E-state index contributed by atoms with van der Waals surface area (Å²) in [5, 5.41) is 8.74. The van der Waals surface area contributed by atoms with Crippen LogP contribution >= 0.6 is 11.6 Å². The van der Waals surface area contributed by atoms with Crippen LogP contribution in [0.4, 0.5) is 0 Å². The molecule has 0 saturated carbocycles. The Balaban J connectivity index is 1.79. The van der Waals surface area contributed by atoms with E-state index in [0.29, 0.717) is 0 Å². The molecule has 1 aliphatic rings. The molecule has 0 fully saturated rings. The summed E-state index contributed by atoms with van der Waals surface area (Å²) >= 11 is 6.32. The average Bonchev–Trinajstić information content (AvgIpc) is 2.71. The number of nitrogens with zero attached hydrogens (tertiary/aromatic N) is 2. The molecule has 0 aliphatic heterocycles. The first-order valence-corrected chi connectivity index (χ1v) is 7.69. The molecule has 1 aromatic heterocycles. The Bertz CT molecular complexity index is 448. The van der Waals surface area contributed by atoms with Gasteiger partial charge in [0.25, 0.3) is 0 Å². The lowest BCUT2D eigenvalue weighted by Gasteiger charge is -2.13. The highest BCUT2D eigenvalue weighted by molar-refractivity contribution is 6.31. The third-order valence-corrected chi connectivity index (χ3v) is 4.24. The van der Waals surface area contributed by atoms with Gasteiger partial charge in [-0.1, -0.05) is 30.2 Å². The second-order valence-electron chi connectivity index (χ2n) is 5.22. The van der Waals surface area contributed by atoms with Gasteiger partial charge in [-0.15, -0.1) is 0 Å². The predicted octanol–water partition coefficient (Wildman–Crippen LogP) is 3.62. The van der Waals surface area contributed by atoms with Crippen LogP contribution in [0.1, 0.15) is 50.4 Å². The molecule has 4 heteroatoms. The van der Waals surface area contributed by atoms with Gasteiger partial charge in [0.15, 0.2) is 0 Å². The highest BCUT2D eigenvalue weighted by Crippen LogP contribution is 2.21. The van der Waals surface area contributed by atoms with Crippen LogP contribution in [0.15, 0.2) is 11.6 Å². The number of halogens is 1. The van der Waals surface area contributed by atoms with Gasteiger partial charge < -0.3 is 5.32 Å². The minimum atomic E-state index is 0.801. The first-order chi connectivity index (χ1) is 9.22. The van der Waals surface area contributed by atoms with Crippen molar-refractivity contribution in [2.24, 2.45) is 7.05 Å². The lowest BCUT2D eigenvalue weighted by Crippen LogP contribution is -2.18. The topological polar surface area (TPSA) is 29.9 Å². The lowest BCUT2D eigenvalue weighted by molar-refractivity contribution is 0.604. The Morgan fingerprint density at radius 1 is 1.42 bits per heavy atom. The molecule has 3 nitrogen and oxygen atoms in total. The molecule has 1 heterocycles. The Morgan fingerprint density at radius 2 is 2.26 bits per heavy atom. The monoisotopic (exact) mass is 281 g/mol. The van der Waals surface area contributed by atoms with E-state index in [0.717, 1.165) is 42.3 Å². The highest BCUT2D eigenvalue weighted by Gasteiger charge is 2.12. The van der Waals surface area contributed by atoms with Crippen molar-refractivity contribution in [1.82, 2.24) is 15.1 Å². The average molecular weight is 282 g/mol. The molecule has 0 aromatic carbocycles. The smallest absolute Gasteiger partial charge is 0.0863 e. The van der Waals surface area contributed by atoms with Crippen LogP contribution in [0.25, 0.3) is 0 Å². The molecule has 0 spiro atoms. The summed E-state index contributed by atoms with van der Waals surface area (Å²) in [6.45, 7) is 3.91. The molecule has 0 atom stereocenters. The summed E-state index contributed by atoms with van der Waals surface area (Å²) in [5.74, 6) is 0. The van der Waals surface area contributed by atoms with E-state index >= 15 is 0 Å². The number of hydrogen-bond acceptors (Lipinski definition) is 2. The molecule has 0 bridgehead atoms. The third kappa shape index (κ3) is 3.83. The number of nitrogens with one attached hydrogen (secondary N) is 1. The molecule has 0 saturated heterocycles. The zero-order valence-corrected chi connectivity index (χ0v) is 12.8. The number of allylic oxidation sites excluding steroid dienone is 1. The SMILES string of the molecule is CCc1nn(C)c(CNCCC2=CCCCC2)c1Cl.